The van der Waals surface area contributed by atoms with Crippen LogP contribution in [0.5, 0.6) is 0 Å². The van der Waals surface area contributed by atoms with Gasteiger partial charge in [-0.05, 0) is 25.7 Å². The van der Waals surface area contributed by atoms with Crippen LogP contribution in [-0.4, -0.2) is 29.9 Å². The first-order valence-corrected chi connectivity index (χ1v) is 5.95. The van der Waals surface area contributed by atoms with Gasteiger partial charge in [-0.3, -0.25) is 4.79 Å². The molecule has 1 aliphatic heterocycles. The second-order valence-electron chi connectivity index (χ2n) is 4.41. The minimum atomic E-state index is 0. The summed E-state index contributed by atoms with van der Waals surface area (Å²) in [6.07, 6.45) is 6.91. The minimum Gasteiger partial charge on any atom is -0.342 e. The van der Waals surface area contributed by atoms with Crippen LogP contribution in [0, 0.1) is 5.92 Å². The molecule has 0 aromatic carbocycles. The molecule has 0 aliphatic carbocycles. The van der Waals surface area contributed by atoms with E-state index in [0.29, 0.717) is 0 Å². The van der Waals surface area contributed by atoms with Gasteiger partial charge in [0.2, 0.25) is 5.91 Å². The number of halogens is 1. The molecule has 0 radical (unpaired) electrons. The molecular formula is C13H23ClN2O. The van der Waals surface area contributed by atoms with Crippen LogP contribution in [0.2, 0.25) is 0 Å². The van der Waals surface area contributed by atoms with Crippen LogP contribution in [0.25, 0.3) is 0 Å². The van der Waals surface area contributed by atoms with Crippen molar-refractivity contribution in [3.05, 3.63) is 25.3 Å². The molecule has 1 heterocycles. The van der Waals surface area contributed by atoms with Gasteiger partial charge in [-0.2, -0.15) is 0 Å². The predicted octanol–water partition coefficient (Wildman–Crippen LogP) is 2.13. The number of allylic oxidation sites excluding steroid dienone is 2. The number of hydrogen-bond donors (Lipinski definition) is 1. The zero-order chi connectivity index (χ0) is 12.0. The van der Waals surface area contributed by atoms with Crippen molar-refractivity contribution in [1.82, 2.24) is 4.90 Å². The first-order valence-electron chi connectivity index (χ1n) is 5.95. The van der Waals surface area contributed by atoms with E-state index in [1.165, 1.54) is 0 Å². The summed E-state index contributed by atoms with van der Waals surface area (Å²) in [7, 11) is 0. The van der Waals surface area contributed by atoms with Gasteiger partial charge >= 0.3 is 0 Å². The predicted molar refractivity (Wildman–Crippen MR) is 74.2 cm³/mol. The van der Waals surface area contributed by atoms with Crippen molar-refractivity contribution in [3.8, 4) is 0 Å². The summed E-state index contributed by atoms with van der Waals surface area (Å²) >= 11 is 0. The van der Waals surface area contributed by atoms with E-state index in [4.69, 9.17) is 5.73 Å². The summed E-state index contributed by atoms with van der Waals surface area (Å²) in [6, 6.07) is 0.265. The van der Waals surface area contributed by atoms with Gasteiger partial charge in [0, 0.05) is 25.0 Å². The van der Waals surface area contributed by atoms with E-state index in [0.717, 1.165) is 38.8 Å². The Balaban J connectivity index is 0.00000256. The molecule has 0 aromatic rings. The molecule has 4 heteroatoms. The fraction of sp³-hybridized carbons (Fsp3) is 0.615. The number of piperidine rings is 1. The molecule has 0 saturated carbocycles. The second kappa shape index (κ2) is 8.31. The monoisotopic (exact) mass is 258 g/mol. The van der Waals surface area contributed by atoms with Crippen molar-refractivity contribution in [2.24, 2.45) is 11.7 Å². The smallest absolute Gasteiger partial charge is 0.226 e. The Labute approximate surface area is 110 Å². The lowest BCUT2D eigenvalue weighted by molar-refractivity contribution is -0.136. The third kappa shape index (κ3) is 4.92. The standard InChI is InChI=1S/C13H22N2O.ClH/c1-3-5-11(6-4-2)13(16)15-9-7-12(14)8-10-15;/h3-4,11-12H,1-2,5-10,14H2;1H. The highest BCUT2D eigenvalue weighted by molar-refractivity contribution is 5.85. The first-order chi connectivity index (χ1) is 7.69. The molecule has 1 amide bonds. The van der Waals surface area contributed by atoms with Crippen molar-refractivity contribution in [2.45, 2.75) is 31.7 Å². The van der Waals surface area contributed by atoms with Crippen LogP contribution in [-0.2, 0) is 4.79 Å². The molecular weight excluding hydrogens is 236 g/mol. The summed E-state index contributed by atoms with van der Waals surface area (Å²) in [5.41, 5.74) is 5.82. The van der Waals surface area contributed by atoms with Crippen molar-refractivity contribution in [3.63, 3.8) is 0 Å². The number of carbonyl (C=O) groups excluding carboxylic acids is 1. The Kier molecular flexibility index (Phi) is 7.92. The second-order valence-corrected chi connectivity index (χ2v) is 4.41. The van der Waals surface area contributed by atoms with Crippen LogP contribution in [0.15, 0.2) is 25.3 Å². The van der Waals surface area contributed by atoms with E-state index in [1.54, 1.807) is 0 Å². The largest absolute Gasteiger partial charge is 0.342 e. The highest BCUT2D eigenvalue weighted by atomic mass is 35.5. The Hall–Kier alpha value is -0.800. The quantitative estimate of drug-likeness (QED) is 0.768. The molecule has 0 bridgehead atoms. The van der Waals surface area contributed by atoms with Gasteiger partial charge in [-0.1, -0.05) is 12.2 Å². The number of rotatable bonds is 5. The maximum absolute atomic E-state index is 12.2. The van der Waals surface area contributed by atoms with E-state index < -0.39 is 0 Å². The Morgan fingerprint density at radius 3 is 2.18 bits per heavy atom. The Morgan fingerprint density at radius 1 is 1.29 bits per heavy atom. The summed E-state index contributed by atoms with van der Waals surface area (Å²) in [6.45, 7) is 8.99. The van der Waals surface area contributed by atoms with Gasteiger partial charge in [0.15, 0.2) is 0 Å². The topological polar surface area (TPSA) is 46.3 Å². The number of carbonyl (C=O) groups is 1. The summed E-state index contributed by atoms with van der Waals surface area (Å²) in [5, 5.41) is 0. The number of amides is 1. The van der Waals surface area contributed by atoms with Crippen LogP contribution < -0.4 is 5.73 Å². The van der Waals surface area contributed by atoms with Crippen molar-refractivity contribution < 1.29 is 4.79 Å². The maximum Gasteiger partial charge on any atom is 0.226 e. The SMILES string of the molecule is C=CCC(CC=C)C(=O)N1CCC(N)CC1.Cl. The molecule has 0 unspecified atom stereocenters. The fourth-order valence-electron chi connectivity index (χ4n) is 2.08. The van der Waals surface area contributed by atoms with E-state index >= 15 is 0 Å². The van der Waals surface area contributed by atoms with Gasteiger partial charge in [0.25, 0.3) is 0 Å². The van der Waals surface area contributed by atoms with Crippen LogP contribution in [0.1, 0.15) is 25.7 Å². The average molecular weight is 259 g/mol. The molecule has 3 nitrogen and oxygen atoms in total. The molecule has 1 fully saturated rings. The van der Waals surface area contributed by atoms with E-state index in [2.05, 4.69) is 13.2 Å². The number of likely N-dealkylation sites (tertiary alicyclic amines) is 1. The van der Waals surface area contributed by atoms with Crippen molar-refractivity contribution in [1.29, 1.82) is 0 Å². The lowest BCUT2D eigenvalue weighted by Gasteiger charge is -2.32. The van der Waals surface area contributed by atoms with Gasteiger partial charge in [-0.25, -0.2) is 0 Å². The number of nitrogens with zero attached hydrogens (tertiary/aromatic N) is 1. The maximum atomic E-state index is 12.2. The molecule has 17 heavy (non-hydrogen) atoms. The zero-order valence-electron chi connectivity index (χ0n) is 10.3. The molecule has 1 rings (SSSR count). The number of nitrogens with two attached hydrogens (primary N) is 1. The van der Waals surface area contributed by atoms with Gasteiger partial charge < -0.3 is 10.6 Å². The van der Waals surface area contributed by atoms with Crippen LogP contribution in [0.4, 0.5) is 0 Å². The Morgan fingerprint density at radius 2 is 1.76 bits per heavy atom. The van der Waals surface area contributed by atoms with Crippen LogP contribution >= 0.6 is 12.4 Å². The highest BCUT2D eigenvalue weighted by Gasteiger charge is 2.25. The molecule has 2 N–H and O–H groups in total. The Bertz CT molecular complexity index is 250. The van der Waals surface area contributed by atoms with Crippen molar-refractivity contribution in [2.75, 3.05) is 13.1 Å². The lowest BCUT2D eigenvalue weighted by Crippen LogP contribution is -2.45. The fourth-order valence-corrected chi connectivity index (χ4v) is 2.08. The summed E-state index contributed by atoms with van der Waals surface area (Å²) in [5.74, 6) is 0.246. The lowest BCUT2D eigenvalue weighted by atomic mass is 9.97. The third-order valence-electron chi connectivity index (χ3n) is 3.10. The molecule has 98 valence electrons. The van der Waals surface area contributed by atoms with E-state index in [9.17, 15) is 4.79 Å². The van der Waals surface area contributed by atoms with Gasteiger partial charge in [0.1, 0.15) is 0 Å². The summed E-state index contributed by atoms with van der Waals surface area (Å²) < 4.78 is 0. The zero-order valence-corrected chi connectivity index (χ0v) is 11.1. The van der Waals surface area contributed by atoms with E-state index in [-0.39, 0.29) is 30.3 Å². The normalized spacial score (nSPS) is 16.5. The number of hydrogen-bond acceptors (Lipinski definition) is 2. The molecule has 1 saturated heterocycles. The first kappa shape index (κ1) is 16.2. The third-order valence-corrected chi connectivity index (χ3v) is 3.10. The van der Waals surface area contributed by atoms with Gasteiger partial charge in [-0.15, -0.1) is 25.6 Å². The molecule has 0 spiro atoms. The van der Waals surface area contributed by atoms with Crippen LogP contribution in [0.3, 0.4) is 0 Å². The molecule has 1 aliphatic rings. The highest BCUT2D eigenvalue weighted by Crippen LogP contribution is 2.17. The average Bonchev–Trinajstić information content (AvgIpc) is 2.29. The van der Waals surface area contributed by atoms with Crippen molar-refractivity contribution >= 4 is 18.3 Å². The van der Waals surface area contributed by atoms with E-state index in [1.807, 2.05) is 17.1 Å². The molecule has 0 atom stereocenters. The van der Waals surface area contributed by atoms with Gasteiger partial charge in [0.05, 0.1) is 0 Å². The summed E-state index contributed by atoms with van der Waals surface area (Å²) in [4.78, 5) is 14.1. The minimum absolute atomic E-state index is 0. The molecule has 0 aromatic heterocycles.